The van der Waals surface area contributed by atoms with Crippen molar-refractivity contribution in [1.29, 1.82) is 0 Å². The summed E-state index contributed by atoms with van der Waals surface area (Å²) in [4.78, 5) is 29.9. The average molecular weight is 392 g/mol. The zero-order valence-electron chi connectivity index (χ0n) is 12.2. The van der Waals surface area contributed by atoms with E-state index in [0.29, 0.717) is 16.7 Å². The lowest BCUT2D eigenvalue weighted by Gasteiger charge is -2.12. The highest BCUT2D eigenvalue weighted by atomic mass is 79.9. The lowest BCUT2D eigenvalue weighted by molar-refractivity contribution is -0.115. The second-order valence-electron chi connectivity index (χ2n) is 5.04. The molecule has 1 heterocycles. The number of halogens is 1. The van der Waals surface area contributed by atoms with Gasteiger partial charge in [0.1, 0.15) is 0 Å². The third-order valence-electron chi connectivity index (χ3n) is 3.28. The Morgan fingerprint density at radius 1 is 1.13 bits per heavy atom. The van der Waals surface area contributed by atoms with Gasteiger partial charge in [-0.1, -0.05) is 15.9 Å². The lowest BCUT2D eigenvalue weighted by atomic mass is 10.2. The Morgan fingerprint density at radius 2 is 1.83 bits per heavy atom. The highest BCUT2D eigenvalue weighted by Crippen LogP contribution is 2.26. The number of imidazole rings is 1. The van der Waals surface area contributed by atoms with E-state index in [-0.39, 0.29) is 16.8 Å². The molecule has 5 nitrogen and oxygen atoms in total. The van der Waals surface area contributed by atoms with Crippen molar-refractivity contribution in [1.82, 2.24) is 9.97 Å². The first-order valence-corrected chi connectivity index (χ1v) is 8.64. The molecule has 0 aliphatic rings. The molecule has 2 aromatic carbocycles. The topological polar surface area (TPSA) is 77.8 Å². The maximum atomic E-state index is 12.3. The number of carbonyl (C=O) groups excluding carboxylic acids is 1. The number of aromatic nitrogens is 2. The van der Waals surface area contributed by atoms with Gasteiger partial charge >= 0.3 is 5.69 Å². The Bertz CT molecular complexity index is 902. The average Bonchev–Trinajstić information content (AvgIpc) is 2.88. The quantitative estimate of drug-likeness (QED) is 0.592. The maximum Gasteiger partial charge on any atom is 0.323 e. The van der Waals surface area contributed by atoms with E-state index < -0.39 is 0 Å². The molecule has 0 saturated carbocycles. The van der Waals surface area contributed by atoms with Crippen LogP contribution in [0.5, 0.6) is 0 Å². The van der Waals surface area contributed by atoms with Crippen molar-refractivity contribution in [2.75, 3.05) is 5.32 Å². The number of amides is 1. The fourth-order valence-electron chi connectivity index (χ4n) is 2.13. The Balaban J connectivity index is 1.69. The van der Waals surface area contributed by atoms with E-state index in [1.54, 1.807) is 18.2 Å². The Morgan fingerprint density at radius 3 is 2.57 bits per heavy atom. The summed E-state index contributed by atoms with van der Waals surface area (Å²) >= 11 is 4.88. The van der Waals surface area contributed by atoms with Crippen LogP contribution in [0.2, 0.25) is 0 Å². The van der Waals surface area contributed by atoms with Crippen LogP contribution in [0.3, 0.4) is 0 Å². The molecule has 0 spiro atoms. The third kappa shape index (κ3) is 3.86. The number of H-pyrrole nitrogens is 2. The van der Waals surface area contributed by atoms with E-state index >= 15 is 0 Å². The van der Waals surface area contributed by atoms with Crippen LogP contribution in [0.1, 0.15) is 6.92 Å². The molecule has 0 unspecified atom stereocenters. The minimum absolute atomic E-state index is 0.0878. The molecule has 1 amide bonds. The summed E-state index contributed by atoms with van der Waals surface area (Å²) in [7, 11) is 0. The minimum Gasteiger partial charge on any atom is -0.325 e. The summed E-state index contributed by atoms with van der Waals surface area (Å²) in [6, 6.07) is 13.1. The first-order valence-electron chi connectivity index (χ1n) is 6.96. The van der Waals surface area contributed by atoms with Gasteiger partial charge in [-0.15, -0.1) is 11.8 Å². The second kappa shape index (κ2) is 6.64. The highest BCUT2D eigenvalue weighted by Gasteiger charge is 2.15. The van der Waals surface area contributed by atoms with Crippen LogP contribution in [0.4, 0.5) is 5.69 Å². The molecule has 0 saturated heterocycles. The summed E-state index contributed by atoms with van der Waals surface area (Å²) in [6.45, 7) is 1.86. The number of hydrogen-bond acceptors (Lipinski definition) is 3. The first-order chi connectivity index (χ1) is 11.0. The number of carbonyl (C=O) groups is 1. The van der Waals surface area contributed by atoms with Gasteiger partial charge in [0.05, 0.1) is 16.3 Å². The number of anilines is 1. The number of fused-ring (bicyclic) bond motifs is 1. The molecule has 1 aromatic heterocycles. The molecule has 0 aliphatic heterocycles. The third-order valence-corrected chi connectivity index (χ3v) is 4.92. The largest absolute Gasteiger partial charge is 0.325 e. The van der Waals surface area contributed by atoms with Crippen molar-refractivity contribution in [3.05, 3.63) is 57.4 Å². The number of hydrogen-bond donors (Lipinski definition) is 3. The van der Waals surface area contributed by atoms with Crippen molar-refractivity contribution in [2.24, 2.45) is 0 Å². The smallest absolute Gasteiger partial charge is 0.323 e. The first kappa shape index (κ1) is 15.9. The Hall–Kier alpha value is -1.99. The molecule has 1 atom stereocenters. The van der Waals surface area contributed by atoms with E-state index in [1.807, 2.05) is 31.2 Å². The van der Waals surface area contributed by atoms with Gasteiger partial charge < -0.3 is 15.3 Å². The van der Waals surface area contributed by atoms with Crippen LogP contribution < -0.4 is 11.0 Å². The lowest BCUT2D eigenvalue weighted by Crippen LogP contribution is -2.22. The maximum absolute atomic E-state index is 12.3. The number of nitrogens with one attached hydrogen (secondary N) is 3. The van der Waals surface area contributed by atoms with E-state index in [2.05, 4.69) is 31.2 Å². The normalized spacial score (nSPS) is 12.3. The van der Waals surface area contributed by atoms with Gasteiger partial charge in [0.25, 0.3) is 0 Å². The number of benzene rings is 2. The molecule has 3 rings (SSSR count). The predicted octanol–water partition coefficient (Wildman–Crippen LogP) is 3.74. The fraction of sp³-hybridized carbons (Fsp3) is 0.125. The zero-order valence-corrected chi connectivity index (χ0v) is 14.6. The van der Waals surface area contributed by atoms with Crippen LogP contribution in [-0.2, 0) is 4.79 Å². The van der Waals surface area contributed by atoms with Crippen LogP contribution in [0.25, 0.3) is 11.0 Å². The van der Waals surface area contributed by atoms with Crippen LogP contribution in [0.15, 0.2) is 56.6 Å². The Labute approximate surface area is 145 Å². The van der Waals surface area contributed by atoms with Crippen molar-refractivity contribution >= 4 is 50.3 Å². The number of aromatic amines is 2. The molecule has 118 valence electrons. The fourth-order valence-corrected chi connectivity index (χ4v) is 3.26. The van der Waals surface area contributed by atoms with Gasteiger partial charge in [-0.05, 0) is 49.4 Å². The van der Waals surface area contributed by atoms with E-state index in [0.717, 1.165) is 9.37 Å². The second-order valence-corrected chi connectivity index (χ2v) is 7.37. The molecule has 0 aliphatic carbocycles. The van der Waals surface area contributed by atoms with Crippen molar-refractivity contribution < 1.29 is 4.79 Å². The molecule has 23 heavy (non-hydrogen) atoms. The number of rotatable bonds is 4. The van der Waals surface area contributed by atoms with Crippen LogP contribution >= 0.6 is 27.7 Å². The zero-order chi connectivity index (χ0) is 16.4. The Kier molecular flexibility index (Phi) is 4.58. The molecular formula is C16H14BrN3O2S. The summed E-state index contributed by atoms with van der Waals surface area (Å²) in [5.74, 6) is -0.0878. The van der Waals surface area contributed by atoms with Gasteiger partial charge in [-0.3, -0.25) is 4.79 Å². The molecule has 0 fully saturated rings. The SMILES string of the molecule is C[C@@H](Sc1ccc(Br)cc1)C(=O)Nc1ccc2[nH]c(=O)[nH]c2c1. The summed E-state index contributed by atoms with van der Waals surface area (Å²) in [5.41, 5.74) is 1.77. The van der Waals surface area contributed by atoms with Crippen LogP contribution in [0, 0.1) is 0 Å². The van der Waals surface area contributed by atoms with Crippen molar-refractivity contribution in [3.8, 4) is 0 Å². The van der Waals surface area contributed by atoms with Gasteiger partial charge in [-0.2, -0.15) is 0 Å². The molecular weight excluding hydrogens is 378 g/mol. The summed E-state index contributed by atoms with van der Waals surface area (Å²) in [6.07, 6.45) is 0. The predicted molar refractivity (Wildman–Crippen MR) is 97.0 cm³/mol. The minimum atomic E-state index is -0.261. The number of thioether (sulfide) groups is 1. The molecule has 3 N–H and O–H groups in total. The monoisotopic (exact) mass is 391 g/mol. The van der Waals surface area contributed by atoms with E-state index in [4.69, 9.17) is 0 Å². The van der Waals surface area contributed by atoms with E-state index in [9.17, 15) is 9.59 Å². The van der Waals surface area contributed by atoms with Crippen molar-refractivity contribution in [2.45, 2.75) is 17.1 Å². The van der Waals surface area contributed by atoms with Gasteiger partial charge in [0.2, 0.25) is 5.91 Å². The molecule has 0 bridgehead atoms. The molecule has 7 heteroatoms. The summed E-state index contributed by atoms with van der Waals surface area (Å²) in [5, 5.41) is 2.63. The molecule has 0 radical (unpaired) electrons. The summed E-state index contributed by atoms with van der Waals surface area (Å²) < 4.78 is 1.01. The van der Waals surface area contributed by atoms with Gasteiger partial charge in [0.15, 0.2) is 0 Å². The van der Waals surface area contributed by atoms with Gasteiger partial charge in [0, 0.05) is 15.1 Å². The highest BCUT2D eigenvalue weighted by molar-refractivity contribution is 9.10. The van der Waals surface area contributed by atoms with Crippen molar-refractivity contribution in [3.63, 3.8) is 0 Å². The standard InChI is InChI=1S/C16H14BrN3O2S/c1-9(23-12-5-2-10(17)3-6-12)15(21)18-11-4-7-13-14(8-11)20-16(22)19-13/h2-9H,1H3,(H,18,21)(H2,19,20,22)/t9-/m1/s1. The van der Waals surface area contributed by atoms with E-state index in [1.165, 1.54) is 11.8 Å². The van der Waals surface area contributed by atoms with Gasteiger partial charge in [-0.25, -0.2) is 4.79 Å². The molecule has 3 aromatic rings. The van der Waals surface area contributed by atoms with Crippen LogP contribution in [-0.4, -0.2) is 21.1 Å².